The van der Waals surface area contributed by atoms with Crippen LogP contribution < -0.4 is 0 Å². The minimum Gasteiger partial charge on any atom is -0.481 e. The van der Waals surface area contributed by atoms with Crippen LogP contribution in [0.3, 0.4) is 0 Å². The SMILES string of the molecule is CC(=O)c1cc(F)cc2c1C(Cc1ccc(Cl)cc1)C1=C2CC[C@@H]1CC(=O)O. The Morgan fingerprint density at radius 1 is 1.21 bits per heavy atom. The van der Waals surface area contributed by atoms with E-state index in [1.807, 2.05) is 24.3 Å². The number of hydrogen-bond donors (Lipinski definition) is 1. The van der Waals surface area contributed by atoms with E-state index in [-0.39, 0.29) is 24.0 Å². The van der Waals surface area contributed by atoms with Crippen molar-refractivity contribution in [3.8, 4) is 0 Å². The van der Waals surface area contributed by atoms with Crippen LogP contribution in [0.1, 0.15) is 59.2 Å². The smallest absolute Gasteiger partial charge is 0.303 e. The summed E-state index contributed by atoms with van der Waals surface area (Å²) >= 11 is 6.00. The van der Waals surface area contributed by atoms with E-state index in [0.29, 0.717) is 17.0 Å². The maximum absolute atomic E-state index is 14.3. The number of aliphatic carboxylic acids is 1. The van der Waals surface area contributed by atoms with Crippen molar-refractivity contribution in [1.29, 1.82) is 0 Å². The van der Waals surface area contributed by atoms with Gasteiger partial charge >= 0.3 is 5.97 Å². The summed E-state index contributed by atoms with van der Waals surface area (Å²) in [4.78, 5) is 23.7. The number of Topliss-reactive ketones (excluding diaryl/α,β-unsaturated/α-hetero) is 1. The van der Waals surface area contributed by atoms with E-state index in [9.17, 15) is 19.1 Å². The lowest BCUT2D eigenvalue weighted by Gasteiger charge is -2.23. The molecule has 0 bridgehead atoms. The third-order valence-corrected chi connectivity index (χ3v) is 6.13. The Morgan fingerprint density at radius 2 is 1.93 bits per heavy atom. The van der Waals surface area contributed by atoms with Crippen LogP contribution in [0.5, 0.6) is 0 Å². The monoisotopic (exact) mass is 398 g/mol. The van der Waals surface area contributed by atoms with Gasteiger partial charge < -0.3 is 5.11 Å². The first-order valence-electron chi connectivity index (χ1n) is 9.39. The molecule has 0 saturated carbocycles. The van der Waals surface area contributed by atoms with Crippen molar-refractivity contribution in [3.63, 3.8) is 0 Å². The molecule has 3 nitrogen and oxygen atoms in total. The molecule has 0 fully saturated rings. The lowest BCUT2D eigenvalue weighted by atomic mass is 9.80. The van der Waals surface area contributed by atoms with Gasteiger partial charge in [-0.15, -0.1) is 0 Å². The second-order valence-electron chi connectivity index (χ2n) is 7.62. The summed E-state index contributed by atoms with van der Waals surface area (Å²) in [5.41, 5.74) is 5.19. The standard InChI is InChI=1S/C23H20ClFO3/c1-12(26)18-10-16(25)11-19-17-7-4-14(9-21(27)28)22(17)20(23(18)19)8-13-2-5-15(24)6-3-13/h2-3,5-6,10-11,14,20H,4,7-9H2,1H3,(H,27,28)/t14-,20?/m1/s1. The maximum atomic E-state index is 14.3. The van der Waals surface area contributed by atoms with Crippen molar-refractivity contribution < 1.29 is 19.1 Å². The molecule has 0 aliphatic heterocycles. The molecule has 0 amide bonds. The number of carboxylic acids is 1. The van der Waals surface area contributed by atoms with Gasteiger partial charge in [0.05, 0.1) is 6.42 Å². The summed E-state index contributed by atoms with van der Waals surface area (Å²) in [7, 11) is 0. The Bertz CT molecular complexity index is 1010. The van der Waals surface area contributed by atoms with Crippen molar-refractivity contribution >= 4 is 28.9 Å². The molecule has 5 heteroatoms. The van der Waals surface area contributed by atoms with E-state index in [4.69, 9.17) is 11.6 Å². The molecule has 144 valence electrons. The highest BCUT2D eigenvalue weighted by atomic mass is 35.5. The lowest BCUT2D eigenvalue weighted by molar-refractivity contribution is -0.137. The fourth-order valence-electron chi connectivity index (χ4n) is 4.83. The minimum atomic E-state index is -0.835. The van der Waals surface area contributed by atoms with Crippen molar-refractivity contribution in [2.75, 3.05) is 0 Å². The van der Waals surface area contributed by atoms with Gasteiger partial charge in [0.1, 0.15) is 5.82 Å². The van der Waals surface area contributed by atoms with Gasteiger partial charge in [-0.3, -0.25) is 9.59 Å². The normalized spacial score (nSPS) is 20.2. The summed E-state index contributed by atoms with van der Waals surface area (Å²) < 4.78 is 14.3. The number of halogens is 2. The van der Waals surface area contributed by atoms with E-state index < -0.39 is 11.8 Å². The fourth-order valence-corrected chi connectivity index (χ4v) is 4.96. The molecular weight excluding hydrogens is 379 g/mol. The molecule has 2 aliphatic rings. The highest BCUT2D eigenvalue weighted by molar-refractivity contribution is 6.30. The number of rotatable bonds is 5. The van der Waals surface area contributed by atoms with Crippen molar-refractivity contribution in [2.24, 2.45) is 5.92 Å². The predicted octanol–water partition coefficient (Wildman–Crippen LogP) is 5.66. The molecule has 0 spiro atoms. The summed E-state index contributed by atoms with van der Waals surface area (Å²) in [5.74, 6) is -1.63. The van der Waals surface area contributed by atoms with Gasteiger partial charge in [0, 0.05) is 16.5 Å². The van der Waals surface area contributed by atoms with Crippen molar-refractivity contribution in [1.82, 2.24) is 0 Å². The summed E-state index contributed by atoms with van der Waals surface area (Å²) in [6.07, 6.45) is 2.16. The number of hydrogen-bond acceptors (Lipinski definition) is 2. The predicted molar refractivity (Wildman–Crippen MR) is 106 cm³/mol. The zero-order chi connectivity index (χ0) is 20.0. The second-order valence-corrected chi connectivity index (χ2v) is 8.06. The van der Waals surface area contributed by atoms with Gasteiger partial charge in [-0.05, 0) is 78.6 Å². The number of carbonyl (C=O) groups is 2. The fraction of sp³-hybridized carbons (Fsp3) is 0.304. The molecule has 2 aromatic rings. The molecule has 2 aliphatic carbocycles. The largest absolute Gasteiger partial charge is 0.481 e. The first-order chi connectivity index (χ1) is 13.3. The molecule has 0 aromatic heterocycles. The van der Waals surface area contributed by atoms with Crippen LogP contribution in [-0.2, 0) is 11.2 Å². The Labute approximate surface area is 167 Å². The van der Waals surface area contributed by atoms with Gasteiger partial charge in [0.25, 0.3) is 0 Å². The van der Waals surface area contributed by atoms with Crippen LogP contribution in [0.2, 0.25) is 5.02 Å². The van der Waals surface area contributed by atoms with E-state index in [0.717, 1.165) is 40.7 Å². The van der Waals surface area contributed by atoms with Crippen LogP contribution in [0, 0.1) is 11.7 Å². The van der Waals surface area contributed by atoms with Gasteiger partial charge in [0.2, 0.25) is 0 Å². The molecule has 2 atom stereocenters. The third-order valence-electron chi connectivity index (χ3n) is 5.88. The zero-order valence-electron chi connectivity index (χ0n) is 15.5. The van der Waals surface area contributed by atoms with Crippen LogP contribution in [0.15, 0.2) is 42.0 Å². The molecule has 2 aromatic carbocycles. The number of carboxylic acid groups (broad SMARTS) is 1. The Kier molecular flexibility index (Phi) is 4.84. The molecule has 4 rings (SSSR count). The highest BCUT2D eigenvalue weighted by Crippen LogP contribution is 2.55. The third kappa shape index (κ3) is 3.26. The first kappa shape index (κ1) is 18.9. The summed E-state index contributed by atoms with van der Waals surface area (Å²) in [6, 6.07) is 10.3. The van der Waals surface area contributed by atoms with Gasteiger partial charge in [-0.1, -0.05) is 29.3 Å². The van der Waals surface area contributed by atoms with Crippen LogP contribution >= 0.6 is 11.6 Å². The van der Waals surface area contributed by atoms with Gasteiger partial charge in [-0.2, -0.15) is 0 Å². The van der Waals surface area contributed by atoms with Crippen LogP contribution in [0.4, 0.5) is 4.39 Å². The van der Waals surface area contributed by atoms with E-state index in [1.54, 1.807) is 0 Å². The number of allylic oxidation sites excluding steroid dienone is 2. The summed E-state index contributed by atoms with van der Waals surface area (Å²) in [5, 5.41) is 10.00. The molecule has 0 saturated heterocycles. The van der Waals surface area contributed by atoms with E-state index in [1.165, 1.54) is 19.1 Å². The molecular formula is C23H20ClFO3. The average molecular weight is 399 g/mol. The molecule has 28 heavy (non-hydrogen) atoms. The molecule has 1 unspecified atom stereocenters. The van der Waals surface area contributed by atoms with Crippen LogP contribution in [0.25, 0.3) is 5.57 Å². The lowest BCUT2D eigenvalue weighted by Crippen LogP contribution is -2.16. The average Bonchev–Trinajstić information content (AvgIpc) is 3.16. The van der Waals surface area contributed by atoms with E-state index in [2.05, 4.69) is 0 Å². The van der Waals surface area contributed by atoms with Gasteiger partial charge in [-0.25, -0.2) is 4.39 Å². The number of ketones is 1. The van der Waals surface area contributed by atoms with Crippen molar-refractivity contribution in [3.05, 3.63) is 75.1 Å². The Morgan fingerprint density at radius 3 is 2.57 bits per heavy atom. The maximum Gasteiger partial charge on any atom is 0.303 e. The minimum absolute atomic E-state index is 0.0574. The Hall–Kier alpha value is -2.46. The Balaban J connectivity index is 1.85. The molecule has 1 N–H and O–H groups in total. The topological polar surface area (TPSA) is 54.4 Å². The number of carbonyl (C=O) groups excluding carboxylic acids is 1. The zero-order valence-corrected chi connectivity index (χ0v) is 16.2. The summed E-state index contributed by atoms with van der Waals surface area (Å²) in [6.45, 7) is 1.45. The molecule has 0 heterocycles. The first-order valence-corrected chi connectivity index (χ1v) is 9.77. The van der Waals surface area contributed by atoms with Gasteiger partial charge in [0.15, 0.2) is 5.78 Å². The van der Waals surface area contributed by atoms with Crippen LogP contribution in [-0.4, -0.2) is 16.9 Å². The van der Waals surface area contributed by atoms with Crippen molar-refractivity contribution in [2.45, 2.75) is 38.5 Å². The number of fused-ring (bicyclic) bond motifs is 2. The highest BCUT2D eigenvalue weighted by Gasteiger charge is 2.41. The van der Waals surface area contributed by atoms with E-state index >= 15 is 0 Å². The molecule has 0 radical (unpaired) electrons. The quantitative estimate of drug-likeness (QED) is 0.661. The second kappa shape index (κ2) is 7.17. The number of benzene rings is 2.